The van der Waals surface area contributed by atoms with E-state index in [1.807, 2.05) is 0 Å². The molecule has 0 aliphatic heterocycles. The standard InChI is InChI=1S/C13H15N3O5S/c1-7-12(8(2)15-14-7)22(19,20)16-9-4-5-10(13(17)18)11(6-9)21-3/h4-6,16H,1-3H3,(H,14,15)(H,17,18). The second-order valence-corrected chi connectivity index (χ2v) is 6.21. The largest absolute Gasteiger partial charge is 0.496 e. The minimum Gasteiger partial charge on any atom is -0.496 e. The molecule has 0 unspecified atom stereocenters. The van der Waals surface area contributed by atoms with Crippen LogP contribution in [0.5, 0.6) is 5.75 Å². The van der Waals surface area contributed by atoms with Gasteiger partial charge in [0.15, 0.2) is 0 Å². The van der Waals surface area contributed by atoms with Crippen LogP contribution >= 0.6 is 0 Å². The maximum Gasteiger partial charge on any atom is 0.339 e. The lowest BCUT2D eigenvalue weighted by atomic mass is 10.2. The first-order valence-electron chi connectivity index (χ1n) is 6.22. The number of aryl methyl sites for hydroxylation is 2. The molecule has 2 rings (SSSR count). The van der Waals surface area contributed by atoms with Crippen molar-refractivity contribution in [2.45, 2.75) is 18.7 Å². The topological polar surface area (TPSA) is 121 Å². The zero-order chi connectivity index (χ0) is 16.5. The van der Waals surface area contributed by atoms with Crippen molar-refractivity contribution in [2.24, 2.45) is 0 Å². The SMILES string of the molecule is COc1cc(NS(=O)(=O)c2c(C)n[nH]c2C)ccc1C(=O)O. The number of methoxy groups -OCH3 is 1. The number of nitrogens with one attached hydrogen (secondary N) is 2. The number of rotatable bonds is 5. The number of sulfonamides is 1. The maximum atomic E-state index is 12.4. The minimum absolute atomic E-state index is 0.0545. The van der Waals surface area contributed by atoms with E-state index in [0.717, 1.165) is 0 Å². The average Bonchev–Trinajstić information content (AvgIpc) is 2.77. The summed E-state index contributed by atoms with van der Waals surface area (Å²) in [4.78, 5) is 11.1. The molecule has 0 spiro atoms. The summed E-state index contributed by atoms with van der Waals surface area (Å²) in [6, 6.07) is 3.94. The van der Waals surface area contributed by atoms with Crippen molar-refractivity contribution in [1.29, 1.82) is 0 Å². The molecule has 0 atom stereocenters. The highest BCUT2D eigenvalue weighted by atomic mass is 32.2. The Balaban J connectivity index is 2.41. The minimum atomic E-state index is -3.84. The molecule has 1 heterocycles. The lowest BCUT2D eigenvalue weighted by molar-refractivity contribution is 0.0693. The van der Waals surface area contributed by atoms with Gasteiger partial charge in [0, 0.05) is 6.07 Å². The van der Waals surface area contributed by atoms with Crippen LogP contribution in [0.15, 0.2) is 23.1 Å². The lowest BCUT2D eigenvalue weighted by Gasteiger charge is -2.11. The highest BCUT2D eigenvalue weighted by Crippen LogP contribution is 2.26. The van der Waals surface area contributed by atoms with Crippen LogP contribution in [0.3, 0.4) is 0 Å². The third-order valence-electron chi connectivity index (χ3n) is 3.01. The van der Waals surface area contributed by atoms with E-state index in [-0.39, 0.29) is 21.9 Å². The van der Waals surface area contributed by atoms with E-state index in [4.69, 9.17) is 9.84 Å². The van der Waals surface area contributed by atoms with Crippen LogP contribution in [-0.2, 0) is 10.0 Å². The van der Waals surface area contributed by atoms with Crippen LogP contribution < -0.4 is 9.46 Å². The molecule has 118 valence electrons. The smallest absolute Gasteiger partial charge is 0.339 e. The Morgan fingerprint density at radius 1 is 1.36 bits per heavy atom. The Morgan fingerprint density at radius 2 is 2.05 bits per heavy atom. The fourth-order valence-electron chi connectivity index (χ4n) is 2.07. The molecule has 0 aliphatic rings. The summed E-state index contributed by atoms with van der Waals surface area (Å²) in [6.45, 7) is 3.18. The molecule has 0 fully saturated rings. The van der Waals surface area contributed by atoms with Gasteiger partial charge in [0.2, 0.25) is 0 Å². The number of benzene rings is 1. The highest BCUT2D eigenvalue weighted by Gasteiger charge is 2.23. The first kappa shape index (κ1) is 15.8. The van der Waals surface area contributed by atoms with Crippen LogP contribution in [0.1, 0.15) is 21.7 Å². The van der Waals surface area contributed by atoms with E-state index in [2.05, 4.69) is 14.9 Å². The van der Waals surface area contributed by atoms with Gasteiger partial charge in [0.1, 0.15) is 16.2 Å². The number of carboxylic acid groups (broad SMARTS) is 1. The zero-order valence-electron chi connectivity index (χ0n) is 12.2. The summed E-state index contributed by atoms with van der Waals surface area (Å²) < 4.78 is 32.1. The molecule has 0 saturated heterocycles. The van der Waals surface area contributed by atoms with Gasteiger partial charge in [-0.25, -0.2) is 13.2 Å². The van der Waals surface area contributed by atoms with E-state index >= 15 is 0 Å². The van der Waals surface area contributed by atoms with Crippen LogP contribution in [-0.4, -0.2) is 36.8 Å². The van der Waals surface area contributed by atoms with Crippen molar-refractivity contribution in [3.63, 3.8) is 0 Å². The van der Waals surface area contributed by atoms with Gasteiger partial charge in [-0.1, -0.05) is 0 Å². The fourth-order valence-corrected chi connectivity index (χ4v) is 3.50. The zero-order valence-corrected chi connectivity index (χ0v) is 13.0. The summed E-state index contributed by atoms with van der Waals surface area (Å²) in [7, 11) is -2.53. The van der Waals surface area contributed by atoms with E-state index in [1.54, 1.807) is 13.8 Å². The lowest BCUT2D eigenvalue weighted by Crippen LogP contribution is -2.15. The summed E-state index contributed by atoms with van der Waals surface area (Å²) in [5.41, 5.74) is 0.904. The van der Waals surface area contributed by atoms with Crippen molar-refractivity contribution in [2.75, 3.05) is 11.8 Å². The average molecular weight is 325 g/mol. The maximum absolute atomic E-state index is 12.4. The van der Waals surface area contributed by atoms with Crippen LogP contribution in [0, 0.1) is 13.8 Å². The molecular formula is C13H15N3O5S. The quantitative estimate of drug-likeness (QED) is 0.766. The molecule has 0 radical (unpaired) electrons. The van der Waals surface area contributed by atoms with Gasteiger partial charge in [-0.05, 0) is 26.0 Å². The molecule has 22 heavy (non-hydrogen) atoms. The van der Waals surface area contributed by atoms with Gasteiger partial charge < -0.3 is 9.84 Å². The Hall–Kier alpha value is -2.55. The van der Waals surface area contributed by atoms with Gasteiger partial charge in [-0.2, -0.15) is 5.10 Å². The molecule has 0 aliphatic carbocycles. The summed E-state index contributed by atoms with van der Waals surface area (Å²) in [5.74, 6) is -1.10. The first-order valence-corrected chi connectivity index (χ1v) is 7.70. The molecule has 2 aromatic rings. The van der Waals surface area contributed by atoms with Crippen molar-refractivity contribution in [3.8, 4) is 5.75 Å². The number of hydrogen-bond donors (Lipinski definition) is 3. The molecular weight excluding hydrogens is 310 g/mol. The third-order valence-corrected chi connectivity index (χ3v) is 4.66. The molecule has 1 aromatic heterocycles. The Bertz CT molecular complexity index is 807. The molecule has 3 N–H and O–H groups in total. The molecule has 0 saturated carbocycles. The van der Waals surface area contributed by atoms with Crippen LogP contribution in [0.25, 0.3) is 0 Å². The summed E-state index contributed by atoms with van der Waals surface area (Å²) in [6.07, 6.45) is 0. The number of aromatic amines is 1. The van der Waals surface area contributed by atoms with Crippen molar-refractivity contribution in [1.82, 2.24) is 10.2 Å². The molecule has 1 aromatic carbocycles. The predicted molar refractivity (Wildman–Crippen MR) is 78.8 cm³/mol. The normalized spacial score (nSPS) is 11.2. The number of H-pyrrole nitrogens is 1. The van der Waals surface area contributed by atoms with Gasteiger partial charge in [-0.15, -0.1) is 0 Å². The molecule has 0 bridgehead atoms. The van der Waals surface area contributed by atoms with Crippen LogP contribution in [0.4, 0.5) is 5.69 Å². The molecule has 8 nitrogen and oxygen atoms in total. The molecule has 9 heteroatoms. The Labute approximate surface area is 127 Å². The number of aromatic nitrogens is 2. The number of ether oxygens (including phenoxy) is 1. The summed E-state index contributed by atoms with van der Waals surface area (Å²) in [5, 5.41) is 15.5. The molecule has 0 amide bonds. The second kappa shape index (κ2) is 5.68. The predicted octanol–water partition coefficient (Wildman–Crippen LogP) is 1.53. The van der Waals surface area contributed by atoms with Crippen LogP contribution in [0.2, 0.25) is 0 Å². The Kier molecular flexibility index (Phi) is 4.09. The summed E-state index contributed by atoms with van der Waals surface area (Å²) >= 11 is 0. The third kappa shape index (κ3) is 2.89. The number of carboxylic acids is 1. The number of hydrogen-bond acceptors (Lipinski definition) is 5. The number of carbonyl (C=O) groups is 1. The van der Waals surface area contributed by atoms with E-state index in [1.165, 1.54) is 25.3 Å². The van der Waals surface area contributed by atoms with E-state index in [9.17, 15) is 13.2 Å². The van der Waals surface area contributed by atoms with Gasteiger partial charge in [0.25, 0.3) is 10.0 Å². The number of anilines is 1. The number of aromatic carboxylic acids is 1. The highest BCUT2D eigenvalue weighted by molar-refractivity contribution is 7.92. The van der Waals surface area contributed by atoms with Crippen molar-refractivity contribution < 1.29 is 23.1 Å². The van der Waals surface area contributed by atoms with Crippen molar-refractivity contribution in [3.05, 3.63) is 35.2 Å². The fraction of sp³-hybridized carbons (Fsp3) is 0.231. The van der Waals surface area contributed by atoms with E-state index in [0.29, 0.717) is 11.4 Å². The number of nitrogens with zero attached hydrogens (tertiary/aromatic N) is 1. The van der Waals surface area contributed by atoms with Gasteiger partial charge in [0.05, 0.1) is 24.2 Å². The van der Waals surface area contributed by atoms with Gasteiger partial charge in [-0.3, -0.25) is 9.82 Å². The second-order valence-electron chi connectivity index (χ2n) is 4.59. The van der Waals surface area contributed by atoms with E-state index < -0.39 is 16.0 Å². The van der Waals surface area contributed by atoms with Gasteiger partial charge >= 0.3 is 5.97 Å². The van der Waals surface area contributed by atoms with Crippen molar-refractivity contribution >= 4 is 21.7 Å². The monoisotopic (exact) mass is 325 g/mol. The Morgan fingerprint density at radius 3 is 2.55 bits per heavy atom. The first-order chi connectivity index (χ1) is 10.3.